The van der Waals surface area contributed by atoms with Crippen molar-refractivity contribution in [3.63, 3.8) is 0 Å². The molecule has 0 spiro atoms. The molecule has 0 atom stereocenters. The minimum Gasteiger partial charge on any atom is -0.318 e. The van der Waals surface area contributed by atoms with Crippen LogP contribution in [0.1, 0.15) is 29.4 Å². The molecule has 3 rings (SSSR count). The smallest absolute Gasteiger partial charge is 0.141 e. The molecule has 22 heavy (non-hydrogen) atoms. The quantitative estimate of drug-likeness (QED) is 0.694. The van der Waals surface area contributed by atoms with Gasteiger partial charge in [0, 0.05) is 22.6 Å². The summed E-state index contributed by atoms with van der Waals surface area (Å²) < 4.78 is 3.83. The Hall–Kier alpha value is -2.69. The van der Waals surface area contributed by atoms with Gasteiger partial charge in [-0.1, -0.05) is 19.1 Å². The molecule has 0 fully saturated rings. The molecular weight excluding hydrogens is 274 g/mol. The van der Waals surface area contributed by atoms with E-state index in [0.717, 1.165) is 12.0 Å². The Bertz CT molecular complexity index is 779. The number of aromatic nitrogens is 4. The number of benzene rings is 1. The fourth-order valence-electron chi connectivity index (χ4n) is 2.58. The summed E-state index contributed by atoms with van der Waals surface area (Å²) in [7, 11) is 0. The third kappa shape index (κ3) is 2.70. The van der Waals surface area contributed by atoms with Gasteiger partial charge in [0.05, 0.1) is 6.21 Å². The zero-order valence-corrected chi connectivity index (χ0v) is 13.1. The molecule has 0 saturated heterocycles. The largest absolute Gasteiger partial charge is 0.318 e. The van der Waals surface area contributed by atoms with E-state index in [1.807, 2.05) is 6.21 Å². The molecule has 0 amide bonds. The number of hydrogen-bond acceptors (Lipinski definition) is 3. The highest BCUT2D eigenvalue weighted by Gasteiger charge is 2.09. The van der Waals surface area contributed by atoms with Crippen molar-refractivity contribution < 1.29 is 0 Å². The second-order valence-corrected chi connectivity index (χ2v) is 5.27. The Morgan fingerprint density at radius 3 is 2.41 bits per heavy atom. The molecule has 2 heterocycles. The van der Waals surface area contributed by atoms with Gasteiger partial charge in [-0.2, -0.15) is 5.10 Å². The van der Waals surface area contributed by atoms with Gasteiger partial charge in [0.2, 0.25) is 0 Å². The third-order valence-electron chi connectivity index (χ3n) is 3.81. The first-order valence-corrected chi connectivity index (χ1v) is 7.36. The van der Waals surface area contributed by atoms with Crippen LogP contribution in [0.5, 0.6) is 0 Å². The Balaban J connectivity index is 1.95. The lowest BCUT2D eigenvalue weighted by Crippen LogP contribution is -2.00. The highest BCUT2D eigenvalue weighted by molar-refractivity contribution is 5.82. The molecule has 0 radical (unpaired) electrons. The van der Waals surface area contributed by atoms with Crippen LogP contribution in [0.25, 0.3) is 5.69 Å². The van der Waals surface area contributed by atoms with E-state index in [0.29, 0.717) is 0 Å². The van der Waals surface area contributed by atoms with Gasteiger partial charge in [0.1, 0.15) is 12.7 Å². The van der Waals surface area contributed by atoms with Crippen LogP contribution >= 0.6 is 0 Å². The van der Waals surface area contributed by atoms with E-state index in [1.165, 1.54) is 22.6 Å². The van der Waals surface area contributed by atoms with E-state index in [-0.39, 0.29) is 0 Å². The lowest BCUT2D eigenvalue weighted by Gasteiger charge is -2.10. The Labute approximate surface area is 129 Å². The SMILES string of the molecule is CCc1ccc(-n2c(C)cc(C=Nn3cnnc3)c2C)cc1. The van der Waals surface area contributed by atoms with Crippen LogP contribution in [0.3, 0.4) is 0 Å². The predicted octanol–water partition coefficient (Wildman–Crippen LogP) is 3.13. The molecule has 0 aliphatic heterocycles. The normalized spacial score (nSPS) is 11.4. The second-order valence-electron chi connectivity index (χ2n) is 5.27. The van der Waals surface area contributed by atoms with Gasteiger partial charge in [-0.25, -0.2) is 4.68 Å². The molecule has 3 aromatic rings. The molecule has 0 saturated carbocycles. The second kappa shape index (κ2) is 5.97. The summed E-state index contributed by atoms with van der Waals surface area (Å²) >= 11 is 0. The lowest BCUT2D eigenvalue weighted by molar-refractivity contribution is 0.877. The first kappa shape index (κ1) is 14.3. The summed E-state index contributed by atoms with van der Waals surface area (Å²) in [5, 5.41) is 11.8. The molecule has 2 aromatic heterocycles. The Morgan fingerprint density at radius 1 is 1.09 bits per heavy atom. The van der Waals surface area contributed by atoms with E-state index in [9.17, 15) is 0 Å². The number of hydrogen-bond donors (Lipinski definition) is 0. The van der Waals surface area contributed by atoms with Gasteiger partial charge in [0.25, 0.3) is 0 Å². The zero-order chi connectivity index (χ0) is 15.5. The molecule has 1 aromatic carbocycles. The maximum atomic E-state index is 4.33. The van der Waals surface area contributed by atoms with Crippen LogP contribution in [-0.4, -0.2) is 25.7 Å². The van der Waals surface area contributed by atoms with E-state index < -0.39 is 0 Å². The summed E-state index contributed by atoms with van der Waals surface area (Å²) in [6, 6.07) is 10.8. The van der Waals surface area contributed by atoms with Gasteiger partial charge in [0.15, 0.2) is 0 Å². The third-order valence-corrected chi connectivity index (χ3v) is 3.81. The highest BCUT2D eigenvalue weighted by Crippen LogP contribution is 2.20. The topological polar surface area (TPSA) is 48.0 Å². The van der Waals surface area contributed by atoms with Gasteiger partial charge in [-0.15, -0.1) is 10.2 Å². The summed E-state index contributed by atoms with van der Waals surface area (Å²) in [5.41, 5.74) is 5.97. The van der Waals surface area contributed by atoms with Crippen LogP contribution in [0.15, 0.2) is 48.1 Å². The van der Waals surface area contributed by atoms with Crippen molar-refractivity contribution in [1.82, 2.24) is 19.4 Å². The molecule has 5 heteroatoms. The van der Waals surface area contributed by atoms with Gasteiger partial charge < -0.3 is 4.57 Å². The Kier molecular flexibility index (Phi) is 3.87. The maximum absolute atomic E-state index is 4.33. The van der Waals surface area contributed by atoms with Crippen molar-refractivity contribution in [3.05, 3.63) is 65.5 Å². The monoisotopic (exact) mass is 293 g/mol. The average Bonchev–Trinajstić information content (AvgIpc) is 3.14. The molecular formula is C17H19N5. The molecule has 0 aliphatic carbocycles. The molecule has 112 valence electrons. The van der Waals surface area contributed by atoms with Crippen LogP contribution in [0, 0.1) is 13.8 Å². The van der Waals surface area contributed by atoms with E-state index in [2.05, 4.69) is 71.0 Å². The molecule has 0 aliphatic rings. The van der Waals surface area contributed by atoms with E-state index in [4.69, 9.17) is 0 Å². The van der Waals surface area contributed by atoms with Crippen LogP contribution < -0.4 is 0 Å². The van der Waals surface area contributed by atoms with Crippen LogP contribution in [0.4, 0.5) is 0 Å². The van der Waals surface area contributed by atoms with Crippen molar-refractivity contribution >= 4 is 6.21 Å². The van der Waals surface area contributed by atoms with E-state index in [1.54, 1.807) is 17.3 Å². The molecule has 0 bridgehead atoms. The molecule has 5 nitrogen and oxygen atoms in total. The average molecular weight is 293 g/mol. The van der Waals surface area contributed by atoms with Gasteiger partial charge in [-0.05, 0) is 44.0 Å². The van der Waals surface area contributed by atoms with Gasteiger partial charge >= 0.3 is 0 Å². The van der Waals surface area contributed by atoms with Crippen molar-refractivity contribution in [3.8, 4) is 5.69 Å². The van der Waals surface area contributed by atoms with E-state index >= 15 is 0 Å². The maximum Gasteiger partial charge on any atom is 0.141 e. The van der Waals surface area contributed by atoms with Crippen molar-refractivity contribution in [2.24, 2.45) is 5.10 Å². The fourth-order valence-corrected chi connectivity index (χ4v) is 2.58. The number of rotatable bonds is 4. The first-order chi connectivity index (χ1) is 10.7. The summed E-state index contributed by atoms with van der Waals surface area (Å²) in [6.45, 7) is 6.38. The highest BCUT2D eigenvalue weighted by atomic mass is 15.4. The summed E-state index contributed by atoms with van der Waals surface area (Å²) in [4.78, 5) is 0. The van der Waals surface area contributed by atoms with Crippen molar-refractivity contribution in [1.29, 1.82) is 0 Å². The zero-order valence-electron chi connectivity index (χ0n) is 13.1. The van der Waals surface area contributed by atoms with Gasteiger partial charge in [-0.3, -0.25) is 0 Å². The number of aryl methyl sites for hydroxylation is 2. The predicted molar refractivity (Wildman–Crippen MR) is 87.6 cm³/mol. The minimum atomic E-state index is 1.06. The van der Waals surface area contributed by atoms with Crippen LogP contribution in [-0.2, 0) is 6.42 Å². The van der Waals surface area contributed by atoms with Crippen molar-refractivity contribution in [2.45, 2.75) is 27.2 Å². The first-order valence-electron chi connectivity index (χ1n) is 7.36. The van der Waals surface area contributed by atoms with Crippen molar-refractivity contribution in [2.75, 3.05) is 0 Å². The minimum absolute atomic E-state index is 1.06. The molecule has 0 unspecified atom stereocenters. The lowest BCUT2D eigenvalue weighted by atomic mass is 10.1. The number of nitrogens with zero attached hydrogens (tertiary/aromatic N) is 5. The van der Waals surface area contributed by atoms with Crippen LogP contribution in [0.2, 0.25) is 0 Å². The molecule has 0 N–H and O–H groups in total. The summed E-state index contributed by atoms with van der Waals surface area (Å²) in [6.07, 6.45) is 6.03. The Morgan fingerprint density at radius 2 is 1.77 bits per heavy atom. The fraction of sp³-hybridized carbons (Fsp3) is 0.235. The standard InChI is InChI=1S/C17H19N5/c1-4-15-5-7-17(8-6-15)22-13(2)9-16(14(22)3)10-20-21-11-18-19-12-21/h5-12H,4H2,1-3H3. The summed E-state index contributed by atoms with van der Waals surface area (Å²) in [5.74, 6) is 0.